The lowest BCUT2D eigenvalue weighted by Gasteiger charge is -2.31. The van der Waals surface area contributed by atoms with Crippen LogP contribution in [0.5, 0.6) is 5.75 Å². The molecule has 0 bridgehead atoms. The van der Waals surface area contributed by atoms with Crippen LogP contribution in [0.4, 0.5) is 0 Å². The van der Waals surface area contributed by atoms with Crippen LogP contribution in [0.15, 0.2) is 24.3 Å². The van der Waals surface area contributed by atoms with Crippen molar-refractivity contribution >= 4 is 36.4 Å². The van der Waals surface area contributed by atoms with Gasteiger partial charge in [0.1, 0.15) is 18.5 Å². The van der Waals surface area contributed by atoms with E-state index in [2.05, 4.69) is 16.7 Å². The summed E-state index contributed by atoms with van der Waals surface area (Å²) in [7, 11) is 0. The average Bonchev–Trinajstić information content (AvgIpc) is 2.64. The molecule has 1 heterocycles. The average molecular weight is 442 g/mol. The van der Waals surface area contributed by atoms with Crippen LogP contribution in [0.1, 0.15) is 39.0 Å². The molecule has 7 heteroatoms. The highest BCUT2D eigenvalue weighted by atomic mass is 35.5. The van der Waals surface area contributed by atoms with Gasteiger partial charge in [-0.1, -0.05) is 43.5 Å². The molecule has 1 aliphatic heterocycles. The first-order valence-electron chi connectivity index (χ1n) is 9.69. The molecule has 0 spiro atoms. The van der Waals surface area contributed by atoms with Crippen molar-refractivity contribution in [3.63, 3.8) is 0 Å². The molecule has 1 unspecified atom stereocenters. The molecule has 0 saturated carbocycles. The Morgan fingerprint density at radius 3 is 2.52 bits per heavy atom. The second-order valence-electron chi connectivity index (χ2n) is 6.95. The van der Waals surface area contributed by atoms with Crippen LogP contribution in [0.3, 0.4) is 0 Å². The van der Waals surface area contributed by atoms with Crippen molar-refractivity contribution in [2.45, 2.75) is 45.1 Å². The number of hydrogen-bond donors (Lipinski definition) is 1. The van der Waals surface area contributed by atoms with E-state index >= 15 is 0 Å². The van der Waals surface area contributed by atoms with Crippen LogP contribution in [0, 0.1) is 0 Å². The molecule has 1 saturated heterocycles. The van der Waals surface area contributed by atoms with Crippen LogP contribution < -0.4 is 4.74 Å². The van der Waals surface area contributed by atoms with Crippen molar-refractivity contribution in [1.82, 2.24) is 9.80 Å². The number of likely N-dealkylation sites (tertiary alicyclic amines) is 1. The summed E-state index contributed by atoms with van der Waals surface area (Å²) >= 11 is 6.10. The zero-order valence-electron chi connectivity index (χ0n) is 16.3. The number of aliphatic hydroxyl groups is 1. The molecule has 1 aromatic carbocycles. The lowest BCUT2D eigenvalue weighted by Crippen LogP contribution is -2.42. The molecule has 158 valence electrons. The molecular formula is C20H35Cl3N2O2. The first kappa shape index (κ1) is 26.8. The van der Waals surface area contributed by atoms with Gasteiger partial charge in [-0.25, -0.2) is 0 Å². The Bertz CT molecular complexity index is 488. The standard InChI is InChI=1S/C20H33ClN2O2.2ClH/c1-2-3-11-23(15-14-22-12-7-4-8-13-22)16-18(24)17-25-20-10-6-5-9-19(20)21;;/h5-6,9-10,18,24H,2-4,7-8,11-17H2,1H3;2*1H. The van der Waals surface area contributed by atoms with E-state index in [0.717, 1.165) is 26.1 Å². The van der Waals surface area contributed by atoms with Crippen LogP contribution in [0.2, 0.25) is 5.02 Å². The van der Waals surface area contributed by atoms with E-state index in [9.17, 15) is 5.11 Å². The van der Waals surface area contributed by atoms with E-state index in [1.807, 2.05) is 18.2 Å². The fourth-order valence-corrected chi connectivity index (χ4v) is 3.43. The number of hydrogen-bond acceptors (Lipinski definition) is 4. The Kier molecular flexibility index (Phi) is 15.5. The Hall–Kier alpha value is -0.230. The Balaban J connectivity index is 0.00000338. The predicted octanol–water partition coefficient (Wildman–Crippen LogP) is 4.51. The zero-order valence-corrected chi connectivity index (χ0v) is 18.7. The fourth-order valence-electron chi connectivity index (χ4n) is 3.24. The minimum Gasteiger partial charge on any atom is -0.489 e. The number of piperidine rings is 1. The van der Waals surface area contributed by atoms with Crippen LogP contribution in [-0.2, 0) is 0 Å². The van der Waals surface area contributed by atoms with Crippen LogP contribution in [0.25, 0.3) is 0 Å². The maximum absolute atomic E-state index is 10.4. The number of rotatable bonds is 11. The number of para-hydroxylation sites is 1. The van der Waals surface area contributed by atoms with Gasteiger partial charge in [-0.05, 0) is 51.0 Å². The lowest BCUT2D eigenvalue weighted by atomic mass is 10.1. The van der Waals surface area contributed by atoms with E-state index in [4.69, 9.17) is 16.3 Å². The Morgan fingerprint density at radius 2 is 1.85 bits per heavy atom. The maximum atomic E-state index is 10.4. The maximum Gasteiger partial charge on any atom is 0.138 e. The second-order valence-corrected chi connectivity index (χ2v) is 7.36. The van der Waals surface area contributed by atoms with E-state index in [0.29, 0.717) is 17.3 Å². The zero-order chi connectivity index (χ0) is 17.9. The molecule has 0 radical (unpaired) electrons. The highest BCUT2D eigenvalue weighted by molar-refractivity contribution is 6.32. The SMILES string of the molecule is CCCCN(CCN1CCCCC1)CC(O)COc1ccccc1Cl.Cl.Cl. The third kappa shape index (κ3) is 10.8. The highest BCUT2D eigenvalue weighted by Gasteiger charge is 2.15. The van der Waals surface area contributed by atoms with Crippen molar-refractivity contribution in [3.8, 4) is 5.75 Å². The number of aliphatic hydroxyl groups excluding tert-OH is 1. The minimum atomic E-state index is -0.505. The van der Waals surface area contributed by atoms with E-state index in [1.54, 1.807) is 6.07 Å². The Morgan fingerprint density at radius 1 is 1.15 bits per heavy atom. The van der Waals surface area contributed by atoms with E-state index < -0.39 is 6.10 Å². The summed E-state index contributed by atoms with van der Waals surface area (Å²) in [4.78, 5) is 4.92. The van der Waals surface area contributed by atoms with Crippen LogP contribution >= 0.6 is 36.4 Å². The third-order valence-corrected chi connectivity index (χ3v) is 5.06. The molecule has 27 heavy (non-hydrogen) atoms. The number of nitrogens with zero attached hydrogens (tertiary/aromatic N) is 2. The van der Waals surface area contributed by atoms with Gasteiger partial charge in [-0.3, -0.25) is 4.90 Å². The molecule has 0 amide bonds. The topological polar surface area (TPSA) is 35.9 Å². The number of benzene rings is 1. The largest absolute Gasteiger partial charge is 0.489 e. The predicted molar refractivity (Wildman–Crippen MR) is 119 cm³/mol. The van der Waals surface area contributed by atoms with Gasteiger partial charge in [0, 0.05) is 19.6 Å². The first-order chi connectivity index (χ1) is 12.2. The molecular weight excluding hydrogens is 407 g/mol. The molecule has 0 aromatic heterocycles. The first-order valence-corrected chi connectivity index (χ1v) is 10.1. The van der Waals surface area contributed by atoms with Crippen molar-refractivity contribution in [1.29, 1.82) is 0 Å². The normalized spacial score (nSPS) is 15.7. The molecule has 1 aliphatic rings. The van der Waals surface area contributed by atoms with Crippen molar-refractivity contribution < 1.29 is 9.84 Å². The van der Waals surface area contributed by atoms with Gasteiger partial charge in [0.25, 0.3) is 0 Å². The van der Waals surface area contributed by atoms with Gasteiger partial charge in [0.05, 0.1) is 5.02 Å². The molecule has 1 atom stereocenters. The summed E-state index contributed by atoms with van der Waals surface area (Å²) < 4.78 is 5.68. The van der Waals surface area contributed by atoms with Gasteiger partial charge in [0.2, 0.25) is 0 Å². The van der Waals surface area contributed by atoms with Gasteiger partial charge < -0.3 is 14.7 Å². The number of ether oxygens (including phenoxy) is 1. The summed E-state index contributed by atoms with van der Waals surface area (Å²) in [5.41, 5.74) is 0. The summed E-state index contributed by atoms with van der Waals surface area (Å²) in [6, 6.07) is 7.40. The van der Waals surface area contributed by atoms with Crippen molar-refractivity contribution in [2.24, 2.45) is 0 Å². The third-order valence-electron chi connectivity index (χ3n) is 4.75. The summed E-state index contributed by atoms with van der Waals surface area (Å²) in [5, 5.41) is 11.0. The quantitative estimate of drug-likeness (QED) is 0.548. The fraction of sp³-hybridized carbons (Fsp3) is 0.700. The monoisotopic (exact) mass is 440 g/mol. The van der Waals surface area contributed by atoms with Gasteiger partial charge in [-0.15, -0.1) is 24.8 Å². The molecule has 2 rings (SSSR count). The second kappa shape index (κ2) is 15.7. The van der Waals surface area contributed by atoms with Gasteiger partial charge in [-0.2, -0.15) is 0 Å². The van der Waals surface area contributed by atoms with Crippen molar-refractivity contribution in [3.05, 3.63) is 29.3 Å². The van der Waals surface area contributed by atoms with Gasteiger partial charge >= 0.3 is 0 Å². The minimum absolute atomic E-state index is 0. The smallest absolute Gasteiger partial charge is 0.138 e. The van der Waals surface area contributed by atoms with E-state index in [1.165, 1.54) is 38.8 Å². The number of halogens is 3. The van der Waals surface area contributed by atoms with Crippen LogP contribution in [-0.4, -0.2) is 66.9 Å². The number of unbranched alkanes of at least 4 members (excludes halogenated alkanes) is 1. The molecule has 4 nitrogen and oxygen atoms in total. The summed E-state index contributed by atoms with van der Waals surface area (Å²) in [6.45, 7) is 8.73. The summed E-state index contributed by atoms with van der Waals surface area (Å²) in [5.74, 6) is 0.636. The molecule has 1 fully saturated rings. The van der Waals surface area contributed by atoms with Crippen molar-refractivity contribution in [2.75, 3.05) is 45.9 Å². The highest BCUT2D eigenvalue weighted by Crippen LogP contribution is 2.23. The summed E-state index contributed by atoms with van der Waals surface area (Å²) in [6.07, 6.45) is 5.85. The van der Waals surface area contributed by atoms with Gasteiger partial charge in [0.15, 0.2) is 0 Å². The molecule has 0 aliphatic carbocycles. The molecule has 1 N–H and O–H groups in total. The lowest BCUT2D eigenvalue weighted by molar-refractivity contribution is 0.0626. The Labute approximate surface area is 182 Å². The van der Waals surface area contributed by atoms with E-state index in [-0.39, 0.29) is 31.4 Å². The molecule has 1 aromatic rings.